The molecule has 0 aromatic heterocycles. The molecule has 3 nitrogen and oxygen atoms in total. The molecular weight excluding hydrogens is 226 g/mol. The normalized spacial score (nSPS) is 12.5. The number of hydrogen-bond acceptors (Lipinski definition) is 3. The van der Waals surface area contributed by atoms with Crippen molar-refractivity contribution in [3.8, 4) is 5.75 Å². The van der Waals surface area contributed by atoms with Gasteiger partial charge in [0, 0.05) is 18.1 Å². The summed E-state index contributed by atoms with van der Waals surface area (Å²) < 4.78 is 5.57. The molecule has 4 heteroatoms. The first-order valence-corrected chi connectivity index (χ1v) is 5.75. The van der Waals surface area contributed by atoms with Crippen LogP contribution in [0.2, 0.25) is 5.02 Å². The van der Waals surface area contributed by atoms with Crippen LogP contribution in [0, 0.1) is 6.92 Å². The number of rotatable bonds is 6. The van der Waals surface area contributed by atoms with E-state index in [0.717, 1.165) is 16.3 Å². The van der Waals surface area contributed by atoms with Crippen molar-refractivity contribution in [1.29, 1.82) is 0 Å². The van der Waals surface area contributed by atoms with Crippen molar-refractivity contribution in [2.45, 2.75) is 20.0 Å². The van der Waals surface area contributed by atoms with Crippen LogP contribution in [0.5, 0.6) is 5.75 Å². The second-order valence-corrected chi connectivity index (χ2v) is 4.25. The fraction of sp³-hybridized carbons (Fsp3) is 0.500. The second-order valence-electron chi connectivity index (χ2n) is 3.81. The van der Waals surface area contributed by atoms with Gasteiger partial charge >= 0.3 is 0 Å². The highest BCUT2D eigenvalue weighted by Gasteiger charge is 2.00. The molecule has 1 rings (SSSR count). The number of aliphatic hydroxyl groups is 1. The average molecular weight is 244 g/mol. The lowest BCUT2D eigenvalue weighted by atomic mass is 10.2. The van der Waals surface area contributed by atoms with Gasteiger partial charge in [-0.1, -0.05) is 11.6 Å². The van der Waals surface area contributed by atoms with Gasteiger partial charge in [-0.2, -0.15) is 0 Å². The summed E-state index contributed by atoms with van der Waals surface area (Å²) >= 11 is 5.84. The van der Waals surface area contributed by atoms with Gasteiger partial charge in [0.1, 0.15) is 12.4 Å². The van der Waals surface area contributed by atoms with Crippen LogP contribution in [0.3, 0.4) is 0 Å². The van der Waals surface area contributed by atoms with E-state index in [2.05, 4.69) is 5.32 Å². The van der Waals surface area contributed by atoms with Crippen molar-refractivity contribution < 1.29 is 9.84 Å². The maximum Gasteiger partial charge on any atom is 0.122 e. The Morgan fingerprint density at radius 2 is 2.25 bits per heavy atom. The number of halogens is 1. The van der Waals surface area contributed by atoms with Gasteiger partial charge in [-0.25, -0.2) is 0 Å². The van der Waals surface area contributed by atoms with E-state index < -0.39 is 0 Å². The van der Waals surface area contributed by atoms with E-state index in [1.807, 2.05) is 25.1 Å². The van der Waals surface area contributed by atoms with Crippen LogP contribution in [-0.2, 0) is 0 Å². The Morgan fingerprint density at radius 1 is 1.50 bits per heavy atom. The first-order valence-electron chi connectivity index (χ1n) is 5.37. The van der Waals surface area contributed by atoms with Crippen molar-refractivity contribution in [2.75, 3.05) is 19.7 Å². The lowest BCUT2D eigenvalue weighted by Crippen LogP contribution is -2.28. The Kier molecular flexibility index (Phi) is 5.60. The number of benzene rings is 1. The number of nitrogens with one attached hydrogen (secondary N) is 1. The monoisotopic (exact) mass is 243 g/mol. The molecule has 0 aliphatic heterocycles. The second kappa shape index (κ2) is 6.74. The summed E-state index contributed by atoms with van der Waals surface area (Å²) in [6.07, 6.45) is -0.322. The molecule has 1 aromatic carbocycles. The molecule has 90 valence electrons. The van der Waals surface area contributed by atoms with Crippen LogP contribution in [0.4, 0.5) is 0 Å². The van der Waals surface area contributed by atoms with E-state index in [1.54, 1.807) is 6.92 Å². The first-order chi connectivity index (χ1) is 7.59. The summed E-state index contributed by atoms with van der Waals surface area (Å²) in [4.78, 5) is 0. The minimum atomic E-state index is -0.322. The van der Waals surface area contributed by atoms with Crippen molar-refractivity contribution in [3.05, 3.63) is 28.8 Å². The predicted molar refractivity (Wildman–Crippen MR) is 66.2 cm³/mol. The van der Waals surface area contributed by atoms with Crippen LogP contribution in [0.15, 0.2) is 18.2 Å². The summed E-state index contributed by atoms with van der Waals surface area (Å²) in [7, 11) is 0. The van der Waals surface area contributed by atoms with Gasteiger partial charge in [-0.3, -0.25) is 0 Å². The van der Waals surface area contributed by atoms with Crippen LogP contribution in [-0.4, -0.2) is 30.9 Å². The Balaban J connectivity index is 2.27. The van der Waals surface area contributed by atoms with Crippen LogP contribution < -0.4 is 10.1 Å². The van der Waals surface area contributed by atoms with E-state index in [-0.39, 0.29) is 6.10 Å². The Labute approximate surface area is 101 Å². The van der Waals surface area contributed by atoms with Crippen LogP contribution in [0.1, 0.15) is 12.5 Å². The third-order valence-corrected chi connectivity index (χ3v) is 2.35. The molecule has 0 aliphatic carbocycles. The molecule has 0 saturated carbocycles. The third kappa shape index (κ3) is 4.84. The van der Waals surface area contributed by atoms with Crippen LogP contribution >= 0.6 is 11.6 Å². The predicted octanol–water partition coefficient (Wildman–Crippen LogP) is 2.00. The largest absolute Gasteiger partial charge is 0.492 e. The number of aryl methyl sites for hydroxylation is 1. The van der Waals surface area contributed by atoms with Crippen LogP contribution in [0.25, 0.3) is 0 Å². The molecule has 0 aliphatic rings. The van der Waals surface area contributed by atoms with E-state index in [1.165, 1.54) is 0 Å². The smallest absolute Gasteiger partial charge is 0.122 e. The van der Waals surface area contributed by atoms with E-state index in [4.69, 9.17) is 21.4 Å². The highest BCUT2D eigenvalue weighted by Crippen LogP contribution is 2.21. The summed E-state index contributed by atoms with van der Waals surface area (Å²) in [5, 5.41) is 12.8. The number of aliphatic hydroxyl groups excluding tert-OH is 1. The van der Waals surface area contributed by atoms with Gasteiger partial charge < -0.3 is 15.2 Å². The summed E-state index contributed by atoms with van der Waals surface area (Å²) in [6.45, 7) is 5.59. The molecule has 0 saturated heterocycles. The Bertz CT molecular complexity index is 329. The molecule has 16 heavy (non-hydrogen) atoms. The fourth-order valence-electron chi connectivity index (χ4n) is 1.32. The quantitative estimate of drug-likeness (QED) is 0.751. The first kappa shape index (κ1) is 13.3. The topological polar surface area (TPSA) is 41.5 Å². The van der Waals surface area contributed by atoms with E-state index >= 15 is 0 Å². The standard InChI is InChI=1S/C12H18ClNO2/c1-9-7-11(13)3-4-12(9)16-6-5-14-8-10(2)15/h3-4,7,10,14-15H,5-6,8H2,1-2H3/t10-/m0/s1. The summed E-state index contributed by atoms with van der Waals surface area (Å²) in [6, 6.07) is 5.56. The molecule has 0 fully saturated rings. The zero-order chi connectivity index (χ0) is 12.0. The Morgan fingerprint density at radius 3 is 2.88 bits per heavy atom. The summed E-state index contributed by atoms with van der Waals surface area (Å²) in [5.74, 6) is 0.850. The summed E-state index contributed by atoms with van der Waals surface area (Å²) in [5.41, 5.74) is 1.03. The SMILES string of the molecule is Cc1cc(Cl)ccc1OCCNC[C@H](C)O. The van der Waals surface area contributed by atoms with Gasteiger partial charge in [-0.05, 0) is 37.6 Å². The fourth-order valence-corrected chi connectivity index (χ4v) is 1.55. The van der Waals surface area contributed by atoms with Crippen molar-refractivity contribution in [3.63, 3.8) is 0 Å². The molecule has 0 amide bonds. The lowest BCUT2D eigenvalue weighted by Gasteiger charge is -2.10. The van der Waals surface area contributed by atoms with Gasteiger partial charge in [0.25, 0.3) is 0 Å². The number of hydrogen-bond donors (Lipinski definition) is 2. The molecular formula is C12H18ClNO2. The molecule has 0 bridgehead atoms. The van der Waals surface area contributed by atoms with Crippen molar-refractivity contribution in [1.82, 2.24) is 5.32 Å². The lowest BCUT2D eigenvalue weighted by molar-refractivity contribution is 0.188. The molecule has 1 atom stereocenters. The highest BCUT2D eigenvalue weighted by atomic mass is 35.5. The molecule has 0 heterocycles. The third-order valence-electron chi connectivity index (χ3n) is 2.11. The van der Waals surface area contributed by atoms with E-state index in [9.17, 15) is 0 Å². The van der Waals surface area contributed by atoms with Crippen molar-refractivity contribution >= 4 is 11.6 Å². The molecule has 2 N–H and O–H groups in total. The molecule has 0 radical (unpaired) electrons. The molecule has 0 unspecified atom stereocenters. The highest BCUT2D eigenvalue weighted by molar-refractivity contribution is 6.30. The van der Waals surface area contributed by atoms with E-state index in [0.29, 0.717) is 19.7 Å². The van der Waals surface area contributed by atoms with Gasteiger partial charge in [0.15, 0.2) is 0 Å². The maximum atomic E-state index is 9.03. The zero-order valence-electron chi connectivity index (χ0n) is 9.66. The zero-order valence-corrected chi connectivity index (χ0v) is 10.4. The Hall–Kier alpha value is -0.770. The molecule has 1 aromatic rings. The molecule has 0 spiro atoms. The maximum absolute atomic E-state index is 9.03. The average Bonchev–Trinajstić information content (AvgIpc) is 2.20. The van der Waals surface area contributed by atoms with Gasteiger partial charge in [-0.15, -0.1) is 0 Å². The number of ether oxygens (including phenoxy) is 1. The minimum absolute atomic E-state index is 0.322. The minimum Gasteiger partial charge on any atom is -0.492 e. The van der Waals surface area contributed by atoms with Gasteiger partial charge in [0.05, 0.1) is 6.10 Å². The van der Waals surface area contributed by atoms with Gasteiger partial charge in [0.2, 0.25) is 0 Å². The van der Waals surface area contributed by atoms with Crippen molar-refractivity contribution in [2.24, 2.45) is 0 Å².